The van der Waals surface area contributed by atoms with Gasteiger partial charge in [-0.15, -0.1) is 0 Å². The van der Waals surface area contributed by atoms with Crippen molar-refractivity contribution in [1.82, 2.24) is 4.57 Å². The highest BCUT2D eigenvalue weighted by atomic mass is 16.4. The lowest BCUT2D eigenvalue weighted by Crippen LogP contribution is -2.19. The van der Waals surface area contributed by atoms with Crippen LogP contribution >= 0.6 is 0 Å². The summed E-state index contributed by atoms with van der Waals surface area (Å²) >= 11 is 0. The minimum atomic E-state index is -0.736. The molecule has 1 heterocycles. The number of carboxylic acid groups (broad SMARTS) is 1. The van der Waals surface area contributed by atoms with Gasteiger partial charge in [0.05, 0.1) is 6.42 Å². The first-order valence-corrected chi connectivity index (χ1v) is 6.14. The molecule has 1 N–H and O–H groups in total. The fourth-order valence-corrected chi connectivity index (χ4v) is 2.55. The van der Waals surface area contributed by atoms with E-state index < -0.39 is 5.97 Å². The first-order chi connectivity index (χ1) is 8.39. The highest BCUT2D eigenvalue weighted by Crippen LogP contribution is 2.30. The molecular formula is C15H19NO2. The molecule has 0 amide bonds. The molecule has 0 saturated heterocycles. The van der Waals surface area contributed by atoms with E-state index in [1.54, 1.807) is 0 Å². The molecule has 0 fully saturated rings. The smallest absolute Gasteiger partial charge is 0.303 e. The second-order valence-corrected chi connectivity index (χ2v) is 5.69. The van der Waals surface area contributed by atoms with Gasteiger partial charge >= 0.3 is 5.97 Å². The number of para-hydroxylation sites is 1. The Morgan fingerprint density at radius 3 is 2.67 bits per heavy atom. The maximum atomic E-state index is 10.9. The molecule has 0 radical (unpaired) electrons. The molecule has 18 heavy (non-hydrogen) atoms. The summed E-state index contributed by atoms with van der Waals surface area (Å²) in [5, 5.41) is 10.2. The summed E-state index contributed by atoms with van der Waals surface area (Å²) in [4.78, 5) is 10.9. The molecule has 0 bridgehead atoms. The van der Waals surface area contributed by atoms with Crippen LogP contribution in [-0.2, 0) is 18.3 Å². The number of benzene rings is 1. The number of fused-ring (bicyclic) bond motifs is 1. The number of aryl methyl sites for hydroxylation is 1. The summed E-state index contributed by atoms with van der Waals surface area (Å²) in [6, 6.07) is 8.23. The SMILES string of the molecule is Cn1cc(CC(C)(C)CC(=O)O)c2ccccc21. The van der Waals surface area contributed by atoms with Gasteiger partial charge < -0.3 is 9.67 Å². The summed E-state index contributed by atoms with van der Waals surface area (Å²) in [5.74, 6) is -0.736. The normalized spacial score (nSPS) is 11.9. The lowest BCUT2D eigenvalue weighted by atomic mass is 9.83. The average molecular weight is 245 g/mol. The minimum Gasteiger partial charge on any atom is -0.481 e. The van der Waals surface area contributed by atoms with Crippen LogP contribution < -0.4 is 0 Å². The summed E-state index contributed by atoms with van der Waals surface area (Å²) in [6.07, 6.45) is 3.07. The Bertz CT molecular complexity index is 581. The third kappa shape index (κ3) is 2.55. The Morgan fingerprint density at radius 2 is 2.00 bits per heavy atom. The molecule has 0 aliphatic rings. The van der Waals surface area contributed by atoms with E-state index in [0.717, 1.165) is 6.42 Å². The van der Waals surface area contributed by atoms with Gasteiger partial charge in [-0.2, -0.15) is 0 Å². The molecule has 0 saturated carbocycles. The van der Waals surface area contributed by atoms with Crippen molar-refractivity contribution < 1.29 is 9.90 Å². The topological polar surface area (TPSA) is 42.2 Å². The Balaban J connectivity index is 2.35. The second kappa shape index (κ2) is 4.48. The zero-order valence-corrected chi connectivity index (χ0v) is 11.1. The summed E-state index contributed by atoms with van der Waals surface area (Å²) in [7, 11) is 2.02. The summed E-state index contributed by atoms with van der Waals surface area (Å²) in [5.41, 5.74) is 2.19. The van der Waals surface area contributed by atoms with Crippen LogP contribution in [0.2, 0.25) is 0 Å². The van der Waals surface area contributed by atoms with Gasteiger partial charge in [0.1, 0.15) is 0 Å². The number of aromatic nitrogens is 1. The molecule has 96 valence electrons. The molecule has 2 aromatic rings. The monoisotopic (exact) mass is 245 g/mol. The van der Waals surface area contributed by atoms with Crippen molar-refractivity contribution in [2.75, 3.05) is 0 Å². The van der Waals surface area contributed by atoms with Crippen LogP contribution in [0.25, 0.3) is 10.9 Å². The summed E-state index contributed by atoms with van der Waals surface area (Å²) in [6.45, 7) is 4.01. The van der Waals surface area contributed by atoms with E-state index in [0.29, 0.717) is 0 Å². The standard InChI is InChI=1S/C15H19NO2/c1-15(2,9-14(17)18)8-11-10-16(3)13-7-5-4-6-12(11)13/h4-7,10H,8-9H2,1-3H3,(H,17,18). The number of carbonyl (C=O) groups is 1. The molecule has 2 rings (SSSR count). The molecule has 0 unspecified atom stereocenters. The molecule has 0 aliphatic carbocycles. The quantitative estimate of drug-likeness (QED) is 0.898. The lowest BCUT2D eigenvalue weighted by Gasteiger charge is -2.21. The molecule has 3 heteroatoms. The number of aliphatic carboxylic acids is 1. The molecule has 0 aliphatic heterocycles. The van der Waals surface area contributed by atoms with Crippen molar-refractivity contribution in [3.05, 3.63) is 36.0 Å². The number of nitrogens with zero attached hydrogens (tertiary/aromatic N) is 1. The average Bonchev–Trinajstić information content (AvgIpc) is 2.54. The van der Waals surface area contributed by atoms with E-state index in [1.807, 2.05) is 33.0 Å². The predicted octanol–water partition coefficient (Wildman–Crippen LogP) is 3.22. The maximum absolute atomic E-state index is 10.9. The predicted molar refractivity (Wildman–Crippen MR) is 72.7 cm³/mol. The molecule has 1 aromatic heterocycles. The van der Waals surface area contributed by atoms with Gasteiger partial charge in [-0.1, -0.05) is 32.0 Å². The van der Waals surface area contributed by atoms with Crippen LogP contribution in [0.1, 0.15) is 25.8 Å². The van der Waals surface area contributed by atoms with Crippen molar-refractivity contribution in [3.8, 4) is 0 Å². The van der Waals surface area contributed by atoms with Gasteiger partial charge in [-0.3, -0.25) is 4.79 Å². The van der Waals surface area contributed by atoms with Crippen molar-refractivity contribution in [1.29, 1.82) is 0 Å². The van der Waals surface area contributed by atoms with Gasteiger partial charge in [-0.05, 0) is 23.5 Å². The number of rotatable bonds is 4. The second-order valence-electron chi connectivity index (χ2n) is 5.69. The third-order valence-corrected chi connectivity index (χ3v) is 3.28. The fourth-order valence-electron chi connectivity index (χ4n) is 2.55. The van der Waals surface area contributed by atoms with E-state index in [1.165, 1.54) is 16.5 Å². The Labute approximate surface area is 107 Å². The minimum absolute atomic E-state index is 0.191. The van der Waals surface area contributed by atoms with Crippen LogP contribution in [-0.4, -0.2) is 15.6 Å². The number of hydrogen-bond donors (Lipinski definition) is 1. The lowest BCUT2D eigenvalue weighted by molar-refractivity contribution is -0.139. The zero-order valence-electron chi connectivity index (χ0n) is 11.1. The summed E-state index contributed by atoms with van der Waals surface area (Å²) < 4.78 is 2.10. The largest absolute Gasteiger partial charge is 0.481 e. The highest BCUT2D eigenvalue weighted by Gasteiger charge is 2.23. The van der Waals surface area contributed by atoms with Crippen LogP contribution in [0.15, 0.2) is 30.5 Å². The van der Waals surface area contributed by atoms with E-state index in [4.69, 9.17) is 5.11 Å². The third-order valence-electron chi connectivity index (χ3n) is 3.28. The van der Waals surface area contributed by atoms with Crippen LogP contribution in [0.5, 0.6) is 0 Å². The highest BCUT2D eigenvalue weighted by molar-refractivity contribution is 5.84. The Hall–Kier alpha value is -1.77. The molecule has 0 spiro atoms. The van der Waals surface area contributed by atoms with Crippen molar-refractivity contribution >= 4 is 16.9 Å². The van der Waals surface area contributed by atoms with Crippen LogP contribution in [0.4, 0.5) is 0 Å². The van der Waals surface area contributed by atoms with E-state index in [2.05, 4.69) is 22.9 Å². The van der Waals surface area contributed by atoms with Gasteiger partial charge in [0, 0.05) is 24.1 Å². The van der Waals surface area contributed by atoms with Crippen LogP contribution in [0.3, 0.4) is 0 Å². The van der Waals surface area contributed by atoms with Crippen molar-refractivity contribution in [2.45, 2.75) is 26.7 Å². The van der Waals surface area contributed by atoms with E-state index >= 15 is 0 Å². The first-order valence-electron chi connectivity index (χ1n) is 6.14. The van der Waals surface area contributed by atoms with Crippen molar-refractivity contribution in [2.24, 2.45) is 12.5 Å². The number of hydrogen-bond acceptors (Lipinski definition) is 1. The Kier molecular flexibility index (Phi) is 3.16. The van der Waals surface area contributed by atoms with Gasteiger partial charge in [0.15, 0.2) is 0 Å². The maximum Gasteiger partial charge on any atom is 0.303 e. The number of carboxylic acids is 1. The molecule has 3 nitrogen and oxygen atoms in total. The molecule has 0 atom stereocenters. The molecule has 1 aromatic carbocycles. The van der Waals surface area contributed by atoms with Crippen LogP contribution in [0, 0.1) is 5.41 Å². The van der Waals surface area contributed by atoms with Gasteiger partial charge in [0.2, 0.25) is 0 Å². The zero-order chi connectivity index (χ0) is 13.3. The van der Waals surface area contributed by atoms with Crippen molar-refractivity contribution in [3.63, 3.8) is 0 Å². The van der Waals surface area contributed by atoms with Gasteiger partial charge in [-0.25, -0.2) is 0 Å². The molecular weight excluding hydrogens is 226 g/mol. The Morgan fingerprint density at radius 1 is 1.33 bits per heavy atom. The van der Waals surface area contributed by atoms with E-state index in [9.17, 15) is 4.79 Å². The van der Waals surface area contributed by atoms with Gasteiger partial charge in [0.25, 0.3) is 0 Å². The van der Waals surface area contributed by atoms with E-state index in [-0.39, 0.29) is 11.8 Å². The first kappa shape index (κ1) is 12.7. The fraction of sp³-hybridized carbons (Fsp3) is 0.400.